The van der Waals surface area contributed by atoms with E-state index < -0.39 is 5.82 Å². The topological polar surface area (TPSA) is 101 Å². The first kappa shape index (κ1) is 22.7. The van der Waals surface area contributed by atoms with E-state index in [1.54, 1.807) is 40.9 Å². The monoisotopic (exact) mass is 484 g/mol. The lowest BCUT2D eigenvalue weighted by Crippen LogP contribution is -2.26. The second-order valence-corrected chi connectivity index (χ2v) is 8.35. The third-order valence-electron chi connectivity index (χ3n) is 4.50. The van der Waals surface area contributed by atoms with E-state index in [1.807, 2.05) is 0 Å². The van der Waals surface area contributed by atoms with Crippen LogP contribution in [0.5, 0.6) is 0 Å². The van der Waals surface area contributed by atoms with Crippen LogP contribution >= 0.6 is 23.4 Å². The van der Waals surface area contributed by atoms with Gasteiger partial charge in [-0.1, -0.05) is 29.4 Å². The molecule has 0 fully saturated rings. The van der Waals surface area contributed by atoms with Crippen LogP contribution in [0.15, 0.2) is 65.7 Å². The molecule has 0 spiro atoms. The first-order chi connectivity index (χ1) is 16.0. The number of fused-ring (bicyclic) bond motifs is 1. The number of rotatable bonds is 8. The number of amides is 2. The van der Waals surface area contributed by atoms with Crippen molar-refractivity contribution in [2.75, 3.05) is 17.6 Å². The average molecular weight is 485 g/mol. The molecule has 4 rings (SSSR count). The van der Waals surface area contributed by atoms with E-state index in [4.69, 9.17) is 11.6 Å². The number of aromatic nitrogens is 4. The highest BCUT2D eigenvalue weighted by Gasteiger charge is 2.11. The molecule has 2 N–H and O–H groups in total. The SMILES string of the molecule is O=C(CSc1ccc2nnc(CCNC(=O)c3ccc(F)cc3)n2n1)Nc1cccc(Cl)c1. The van der Waals surface area contributed by atoms with E-state index in [1.165, 1.54) is 36.0 Å². The molecule has 0 unspecified atom stereocenters. The van der Waals surface area contributed by atoms with E-state index in [9.17, 15) is 14.0 Å². The summed E-state index contributed by atoms with van der Waals surface area (Å²) in [5.74, 6) is -0.162. The van der Waals surface area contributed by atoms with Gasteiger partial charge in [-0.15, -0.1) is 10.2 Å². The molecule has 4 aromatic rings. The Balaban J connectivity index is 1.33. The second-order valence-electron chi connectivity index (χ2n) is 6.92. The first-order valence-electron chi connectivity index (χ1n) is 9.91. The molecule has 11 heteroatoms. The molecule has 2 aromatic carbocycles. The van der Waals surface area contributed by atoms with Crippen LogP contribution in [-0.4, -0.2) is 43.9 Å². The summed E-state index contributed by atoms with van der Waals surface area (Å²) in [5.41, 5.74) is 1.55. The van der Waals surface area contributed by atoms with Crippen molar-refractivity contribution in [3.8, 4) is 0 Å². The molecule has 2 heterocycles. The van der Waals surface area contributed by atoms with Gasteiger partial charge in [0.2, 0.25) is 5.91 Å². The Hall–Kier alpha value is -3.50. The van der Waals surface area contributed by atoms with Crippen LogP contribution in [0.2, 0.25) is 5.02 Å². The summed E-state index contributed by atoms with van der Waals surface area (Å²) in [5, 5.41) is 19.4. The molecule has 33 heavy (non-hydrogen) atoms. The van der Waals surface area contributed by atoms with Crippen LogP contribution in [0, 0.1) is 5.82 Å². The summed E-state index contributed by atoms with van der Waals surface area (Å²) in [7, 11) is 0. The molecular formula is C22H18ClFN6O2S. The third kappa shape index (κ3) is 6.05. The summed E-state index contributed by atoms with van der Waals surface area (Å²) in [6.07, 6.45) is 0.393. The van der Waals surface area contributed by atoms with Gasteiger partial charge in [0.05, 0.1) is 5.75 Å². The van der Waals surface area contributed by atoms with E-state index in [0.29, 0.717) is 45.7 Å². The molecule has 0 atom stereocenters. The maximum absolute atomic E-state index is 13.0. The Labute approximate surface area is 197 Å². The van der Waals surface area contributed by atoms with Crippen molar-refractivity contribution in [2.24, 2.45) is 0 Å². The lowest BCUT2D eigenvalue weighted by atomic mass is 10.2. The molecule has 2 amide bonds. The van der Waals surface area contributed by atoms with Crippen LogP contribution in [0.3, 0.4) is 0 Å². The number of carbonyl (C=O) groups excluding carboxylic acids is 2. The number of halogens is 2. The third-order valence-corrected chi connectivity index (χ3v) is 5.66. The van der Waals surface area contributed by atoms with Crippen LogP contribution in [0.25, 0.3) is 5.65 Å². The van der Waals surface area contributed by atoms with E-state index in [-0.39, 0.29) is 17.6 Å². The first-order valence-corrected chi connectivity index (χ1v) is 11.3. The Morgan fingerprint density at radius 3 is 2.67 bits per heavy atom. The van der Waals surface area contributed by atoms with Gasteiger partial charge in [0.1, 0.15) is 10.8 Å². The quantitative estimate of drug-likeness (QED) is 0.370. The van der Waals surface area contributed by atoms with Gasteiger partial charge in [0.15, 0.2) is 11.5 Å². The normalized spacial score (nSPS) is 10.8. The Morgan fingerprint density at radius 2 is 1.88 bits per heavy atom. The minimum Gasteiger partial charge on any atom is -0.352 e. The Morgan fingerprint density at radius 1 is 1.06 bits per heavy atom. The van der Waals surface area contributed by atoms with Crippen molar-refractivity contribution in [2.45, 2.75) is 11.4 Å². The number of benzene rings is 2. The zero-order chi connectivity index (χ0) is 23.2. The Kier molecular flexibility index (Phi) is 7.16. The molecule has 168 valence electrons. The average Bonchev–Trinajstić information content (AvgIpc) is 3.20. The van der Waals surface area contributed by atoms with Crippen molar-refractivity contribution in [3.05, 3.63) is 82.9 Å². The van der Waals surface area contributed by atoms with Gasteiger partial charge in [-0.2, -0.15) is 9.61 Å². The minimum atomic E-state index is -0.400. The number of anilines is 1. The van der Waals surface area contributed by atoms with Crippen molar-refractivity contribution in [1.82, 2.24) is 25.1 Å². The smallest absolute Gasteiger partial charge is 0.251 e. The molecular weight excluding hydrogens is 467 g/mol. The lowest BCUT2D eigenvalue weighted by molar-refractivity contribution is -0.113. The molecule has 0 aliphatic carbocycles. The minimum absolute atomic E-state index is 0.163. The number of nitrogens with one attached hydrogen (secondary N) is 2. The molecule has 0 saturated carbocycles. The fraction of sp³-hybridized carbons (Fsp3) is 0.136. The summed E-state index contributed by atoms with van der Waals surface area (Å²) in [6.45, 7) is 0.304. The largest absolute Gasteiger partial charge is 0.352 e. The lowest BCUT2D eigenvalue weighted by Gasteiger charge is -2.06. The van der Waals surface area contributed by atoms with E-state index >= 15 is 0 Å². The van der Waals surface area contributed by atoms with Gasteiger partial charge >= 0.3 is 0 Å². The zero-order valence-corrected chi connectivity index (χ0v) is 18.7. The summed E-state index contributed by atoms with van der Waals surface area (Å²) in [4.78, 5) is 24.4. The number of carbonyl (C=O) groups is 2. The Bertz CT molecular complexity index is 1300. The summed E-state index contributed by atoms with van der Waals surface area (Å²) >= 11 is 7.21. The molecule has 0 radical (unpaired) electrons. The van der Waals surface area contributed by atoms with Crippen LogP contribution in [0.4, 0.5) is 10.1 Å². The zero-order valence-electron chi connectivity index (χ0n) is 17.2. The van der Waals surface area contributed by atoms with Gasteiger partial charge in [-0.25, -0.2) is 4.39 Å². The van der Waals surface area contributed by atoms with Gasteiger partial charge in [0, 0.05) is 29.2 Å². The highest BCUT2D eigenvalue weighted by Crippen LogP contribution is 2.18. The fourth-order valence-electron chi connectivity index (χ4n) is 2.94. The van der Waals surface area contributed by atoms with Crippen LogP contribution in [-0.2, 0) is 11.2 Å². The van der Waals surface area contributed by atoms with Crippen molar-refractivity contribution < 1.29 is 14.0 Å². The van der Waals surface area contributed by atoms with Crippen molar-refractivity contribution in [3.63, 3.8) is 0 Å². The highest BCUT2D eigenvalue weighted by atomic mass is 35.5. The molecule has 0 aliphatic heterocycles. The predicted octanol–water partition coefficient (Wildman–Crippen LogP) is 3.62. The maximum atomic E-state index is 13.0. The molecule has 0 aliphatic rings. The van der Waals surface area contributed by atoms with E-state index in [2.05, 4.69) is 25.9 Å². The van der Waals surface area contributed by atoms with Crippen LogP contribution in [0.1, 0.15) is 16.2 Å². The molecule has 2 aromatic heterocycles. The summed E-state index contributed by atoms with van der Waals surface area (Å²) < 4.78 is 14.6. The van der Waals surface area contributed by atoms with Crippen molar-refractivity contribution in [1.29, 1.82) is 0 Å². The standard InChI is InChI=1S/C22H18ClFN6O2S/c23-15-2-1-3-17(12-15)26-20(31)13-33-21-9-8-18-27-28-19(30(18)29-21)10-11-25-22(32)14-4-6-16(24)7-5-14/h1-9,12H,10-11,13H2,(H,25,32)(H,26,31). The van der Waals surface area contributed by atoms with E-state index in [0.717, 1.165) is 0 Å². The fourth-order valence-corrected chi connectivity index (χ4v) is 3.79. The molecule has 0 bridgehead atoms. The van der Waals surface area contributed by atoms with Gasteiger partial charge in [-0.05, 0) is 54.6 Å². The van der Waals surface area contributed by atoms with Gasteiger partial charge in [0.25, 0.3) is 5.91 Å². The van der Waals surface area contributed by atoms with Crippen LogP contribution < -0.4 is 10.6 Å². The number of hydrogen-bond donors (Lipinski definition) is 2. The number of thioether (sulfide) groups is 1. The molecule has 8 nitrogen and oxygen atoms in total. The van der Waals surface area contributed by atoms with Gasteiger partial charge in [-0.3, -0.25) is 9.59 Å². The predicted molar refractivity (Wildman–Crippen MR) is 124 cm³/mol. The van der Waals surface area contributed by atoms with Crippen molar-refractivity contribution >= 4 is 46.5 Å². The number of nitrogens with zero attached hydrogens (tertiary/aromatic N) is 4. The second kappa shape index (κ2) is 10.4. The highest BCUT2D eigenvalue weighted by molar-refractivity contribution is 7.99. The van der Waals surface area contributed by atoms with Gasteiger partial charge < -0.3 is 10.6 Å². The maximum Gasteiger partial charge on any atom is 0.251 e. The number of hydrogen-bond acceptors (Lipinski definition) is 6. The summed E-state index contributed by atoms with van der Waals surface area (Å²) in [6, 6.07) is 15.8. The molecule has 0 saturated heterocycles.